The largest absolute Gasteiger partial charge is 0.354 e. The van der Waals surface area contributed by atoms with Crippen molar-refractivity contribution in [3.8, 4) is 0 Å². The lowest BCUT2D eigenvalue weighted by atomic mass is 9.94. The highest BCUT2D eigenvalue weighted by Crippen LogP contribution is 2.50. The maximum Gasteiger partial charge on any atom is 0.252 e. The first-order chi connectivity index (χ1) is 18.1. The number of carbonyl (C=O) groups excluding carboxylic acids is 1. The Bertz CT molecular complexity index is 719. The summed E-state index contributed by atoms with van der Waals surface area (Å²) in [7, 11) is 0. The molecule has 1 N–H and O–H groups in total. The molecule has 0 unspecified atom stereocenters. The average molecular weight is 522 g/mol. The molecule has 2 saturated carbocycles. The fourth-order valence-electron chi connectivity index (χ4n) is 7.09. The van der Waals surface area contributed by atoms with E-state index in [0.29, 0.717) is 6.54 Å². The summed E-state index contributed by atoms with van der Waals surface area (Å²) < 4.78 is 32.5. The number of fused-ring (bicyclic) bond motifs is 3. The van der Waals surface area contributed by atoms with Crippen molar-refractivity contribution in [3.63, 3.8) is 0 Å². The van der Waals surface area contributed by atoms with Crippen LogP contribution in [0.3, 0.4) is 0 Å². The number of ether oxygens (including phenoxy) is 5. The van der Waals surface area contributed by atoms with Crippen LogP contribution in [0.15, 0.2) is 0 Å². The number of amides is 1. The molecule has 0 aromatic rings. The molecule has 0 radical (unpaired) electrons. The zero-order valence-corrected chi connectivity index (χ0v) is 23.2. The minimum Gasteiger partial charge on any atom is -0.354 e. The van der Waals surface area contributed by atoms with Gasteiger partial charge >= 0.3 is 0 Å². The summed E-state index contributed by atoms with van der Waals surface area (Å²) in [6.07, 6.45) is 20.7. The van der Waals surface area contributed by atoms with E-state index in [4.69, 9.17) is 23.7 Å². The van der Waals surface area contributed by atoms with Gasteiger partial charge in [0.2, 0.25) is 0 Å². The summed E-state index contributed by atoms with van der Waals surface area (Å²) >= 11 is 0. The van der Waals surface area contributed by atoms with Gasteiger partial charge in [-0.2, -0.15) is 0 Å². The maximum atomic E-state index is 13.4. The van der Waals surface area contributed by atoms with Crippen LogP contribution in [0, 0.1) is 0 Å². The van der Waals surface area contributed by atoms with E-state index in [1.165, 1.54) is 64.2 Å². The monoisotopic (exact) mass is 521 g/mol. The third-order valence-corrected chi connectivity index (χ3v) is 9.20. The summed E-state index contributed by atoms with van der Waals surface area (Å²) in [6, 6.07) is 0. The lowest BCUT2D eigenvalue weighted by Gasteiger charge is -2.36. The van der Waals surface area contributed by atoms with Crippen LogP contribution in [0.2, 0.25) is 0 Å². The SMILES string of the molecule is CCCCCCCCCCCCNC(=O)[C@@H]1O[C@@H]2OC3(CCCCC3)O[C@@H]2[C@H]2OC3(CCCCC3)O[C@@H]21. The van der Waals surface area contributed by atoms with Gasteiger partial charge in [0.05, 0.1) is 0 Å². The molecule has 3 heterocycles. The van der Waals surface area contributed by atoms with Crippen LogP contribution in [0.5, 0.6) is 0 Å². The predicted octanol–water partition coefficient (Wildman–Crippen LogP) is 6.27. The number of unbranched alkanes of at least 4 members (excludes halogenated alkanes) is 9. The third-order valence-electron chi connectivity index (χ3n) is 9.20. The zero-order valence-electron chi connectivity index (χ0n) is 23.2. The van der Waals surface area contributed by atoms with Gasteiger partial charge in [-0.25, -0.2) is 0 Å². The second-order valence-electron chi connectivity index (χ2n) is 12.2. The van der Waals surface area contributed by atoms with Crippen molar-refractivity contribution in [1.29, 1.82) is 0 Å². The molecule has 3 saturated heterocycles. The van der Waals surface area contributed by atoms with Gasteiger partial charge in [-0.1, -0.05) is 77.6 Å². The fraction of sp³-hybridized carbons (Fsp3) is 0.967. The third kappa shape index (κ3) is 6.71. The van der Waals surface area contributed by atoms with Gasteiger partial charge in [0.1, 0.15) is 18.3 Å². The van der Waals surface area contributed by atoms with Crippen molar-refractivity contribution in [3.05, 3.63) is 0 Å². The lowest BCUT2D eigenvalue weighted by molar-refractivity contribution is -0.247. The number of nitrogens with one attached hydrogen (secondary N) is 1. The molecule has 0 bridgehead atoms. The molecule has 5 atom stereocenters. The van der Waals surface area contributed by atoms with Crippen LogP contribution in [0.4, 0.5) is 0 Å². The van der Waals surface area contributed by atoms with Crippen LogP contribution in [0.25, 0.3) is 0 Å². The van der Waals surface area contributed by atoms with E-state index in [2.05, 4.69) is 12.2 Å². The van der Waals surface area contributed by atoms with E-state index < -0.39 is 30.1 Å². The Kier molecular flexibility index (Phi) is 9.84. The molecule has 212 valence electrons. The Morgan fingerprint density at radius 3 is 1.78 bits per heavy atom. The lowest BCUT2D eigenvalue weighted by Crippen LogP contribution is -2.59. The Balaban J connectivity index is 1.11. The van der Waals surface area contributed by atoms with Gasteiger partial charge in [-0.05, 0) is 32.1 Å². The van der Waals surface area contributed by atoms with Crippen LogP contribution in [0.1, 0.15) is 135 Å². The van der Waals surface area contributed by atoms with Gasteiger partial charge in [-0.3, -0.25) is 4.79 Å². The molecule has 5 fully saturated rings. The summed E-state index contributed by atoms with van der Waals surface area (Å²) in [5, 5.41) is 3.14. The highest BCUT2D eigenvalue weighted by Gasteiger charge is 2.65. The van der Waals surface area contributed by atoms with Gasteiger partial charge < -0.3 is 29.0 Å². The molecule has 0 aromatic heterocycles. The molecule has 3 aliphatic heterocycles. The van der Waals surface area contributed by atoms with Crippen molar-refractivity contribution < 1.29 is 28.5 Å². The van der Waals surface area contributed by atoms with Crippen LogP contribution in [-0.2, 0) is 28.5 Å². The molecule has 0 aromatic carbocycles. The van der Waals surface area contributed by atoms with E-state index in [-0.39, 0.29) is 18.1 Å². The van der Waals surface area contributed by atoms with Crippen LogP contribution in [-0.4, -0.2) is 54.7 Å². The van der Waals surface area contributed by atoms with Gasteiger partial charge in [-0.15, -0.1) is 0 Å². The minimum atomic E-state index is -0.724. The first-order valence-electron chi connectivity index (χ1n) is 15.8. The molecule has 7 nitrogen and oxygen atoms in total. The molecular formula is C30H51NO6. The Labute approximate surface area is 224 Å². The van der Waals surface area contributed by atoms with Crippen LogP contribution >= 0.6 is 0 Å². The van der Waals surface area contributed by atoms with Crippen molar-refractivity contribution in [2.45, 2.75) is 178 Å². The normalized spacial score (nSPS) is 33.9. The van der Waals surface area contributed by atoms with Crippen molar-refractivity contribution in [2.75, 3.05) is 6.54 Å². The van der Waals surface area contributed by atoms with E-state index in [9.17, 15) is 4.79 Å². The molecular weight excluding hydrogens is 470 g/mol. The second-order valence-corrected chi connectivity index (χ2v) is 12.2. The molecule has 2 spiro atoms. The highest BCUT2D eigenvalue weighted by molar-refractivity contribution is 5.81. The summed E-state index contributed by atoms with van der Waals surface area (Å²) in [5.74, 6) is -1.30. The van der Waals surface area contributed by atoms with Crippen molar-refractivity contribution >= 4 is 5.91 Å². The fourth-order valence-corrected chi connectivity index (χ4v) is 7.09. The average Bonchev–Trinajstić information content (AvgIpc) is 3.45. The van der Waals surface area contributed by atoms with E-state index >= 15 is 0 Å². The van der Waals surface area contributed by atoms with E-state index in [0.717, 1.165) is 64.2 Å². The van der Waals surface area contributed by atoms with E-state index in [1.54, 1.807) is 0 Å². The van der Waals surface area contributed by atoms with E-state index in [1.807, 2.05) is 0 Å². The highest BCUT2D eigenvalue weighted by atomic mass is 16.9. The van der Waals surface area contributed by atoms with Gasteiger partial charge in [0.15, 0.2) is 24.0 Å². The van der Waals surface area contributed by atoms with Crippen molar-refractivity contribution in [2.24, 2.45) is 0 Å². The summed E-state index contributed by atoms with van der Waals surface area (Å²) in [4.78, 5) is 13.4. The standard InChI is InChI=1S/C30H51NO6/c1-2-3-4-5-6-7-8-9-10-17-22-31-27(32)25-23-24(35-29(34-23)18-13-11-14-19-29)26-28(33-25)37-30(36-26)20-15-12-16-21-30/h23-26,28H,2-22H2,1H3,(H,31,32)/t23-,24-,25+,26+,28+/m0/s1. The second kappa shape index (κ2) is 13.1. The van der Waals surface area contributed by atoms with Crippen molar-refractivity contribution in [1.82, 2.24) is 5.32 Å². The molecule has 37 heavy (non-hydrogen) atoms. The molecule has 1 amide bonds. The first-order valence-corrected chi connectivity index (χ1v) is 15.8. The smallest absolute Gasteiger partial charge is 0.252 e. The molecule has 5 aliphatic rings. The summed E-state index contributed by atoms with van der Waals surface area (Å²) in [6.45, 7) is 2.94. The van der Waals surface area contributed by atoms with Gasteiger partial charge in [0, 0.05) is 32.2 Å². The number of carbonyl (C=O) groups is 1. The maximum absolute atomic E-state index is 13.4. The quantitative estimate of drug-likeness (QED) is 0.305. The molecule has 5 rings (SSSR count). The Morgan fingerprint density at radius 1 is 0.649 bits per heavy atom. The van der Waals surface area contributed by atoms with Crippen LogP contribution < -0.4 is 5.32 Å². The summed E-state index contributed by atoms with van der Waals surface area (Å²) in [5.41, 5.74) is 0. The number of hydrogen-bond donors (Lipinski definition) is 1. The Hall–Kier alpha value is -0.730. The minimum absolute atomic E-state index is 0.103. The number of hydrogen-bond acceptors (Lipinski definition) is 6. The topological polar surface area (TPSA) is 75.3 Å². The first kappa shape index (κ1) is 27.8. The molecule has 2 aliphatic carbocycles. The number of rotatable bonds is 12. The van der Waals surface area contributed by atoms with Gasteiger partial charge in [0.25, 0.3) is 5.91 Å². The Morgan fingerprint density at radius 2 is 1.16 bits per heavy atom. The predicted molar refractivity (Wildman–Crippen MR) is 141 cm³/mol. The zero-order chi connectivity index (χ0) is 25.6. The molecule has 7 heteroatoms.